The molecule has 0 unspecified atom stereocenters. The molecular weight excluding hydrogens is 272 g/mol. The zero-order chi connectivity index (χ0) is 13.7. The Labute approximate surface area is 122 Å². The van der Waals surface area contributed by atoms with Gasteiger partial charge in [0.25, 0.3) is 0 Å². The molecule has 0 aromatic carbocycles. The van der Waals surface area contributed by atoms with E-state index < -0.39 is 0 Å². The molecule has 4 nitrogen and oxygen atoms in total. The van der Waals surface area contributed by atoms with Crippen LogP contribution in [0, 0.1) is 6.92 Å². The smallest absolute Gasteiger partial charge is 0.150 e. The second kappa shape index (κ2) is 4.35. The Balaban J connectivity index is 1.82. The van der Waals surface area contributed by atoms with Crippen LogP contribution in [0.2, 0.25) is 5.02 Å². The Bertz CT molecular complexity index is 668. The Morgan fingerprint density at radius 3 is 3.10 bits per heavy atom. The van der Waals surface area contributed by atoms with Crippen LogP contribution in [0.4, 0.5) is 11.5 Å². The summed E-state index contributed by atoms with van der Waals surface area (Å²) in [5, 5.41) is 4.19. The lowest BCUT2D eigenvalue weighted by atomic mass is 10.1. The third-order valence-corrected chi connectivity index (χ3v) is 4.30. The molecule has 2 bridgehead atoms. The number of nitrogens with zero attached hydrogens (tertiary/aromatic N) is 3. The van der Waals surface area contributed by atoms with Crippen LogP contribution in [-0.4, -0.2) is 29.1 Å². The molecule has 0 radical (unpaired) electrons. The first-order chi connectivity index (χ1) is 9.70. The number of fused-ring (bicyclic) bond motifs is 4. The van der Waals surface area contributed by atoms with E-state index in [2.05, 4.69) is 15.2 Å². The van der Waals surface area contributed by atoms with Gasteiger partial charge < -0.3 is 10.2 Å². The Kier molecular flexibility index (Phi) is 2.60. The summed E-state index contributed by atoms with van der Waals surface area (Å²) in [6.07, 6.45) is 2.99. The van der Waals surface area contributed by atoms with Crippen molar-refractivity contribution in [3.05, 3.63) is 35.1 Å². The number of aromatic nitrogens is 2. The summed E-state index contributed by atoms with van der Waals surface area (Å²) in [6.45, 7) is 4.10. The van der Waals surface area contributed by atoms with Crippen molar-refractivity contribution >= 4 is 23.1 Å². The largest absolute Gasteiger partial charge is 0.366 e. The number of pyridine rings is 2. The number of anilines is 2. The van der Waals surface area contributed by atoms with Crippen molar-refractivity contribution in [3.8, 4) is 11.3 Å². The fourth-order valence-corrected chi connectivity index (χ4v) is 3.18. The van der Waals surface area contributed by atoms with E-state index >= 15 is 0 Å². The first kappa shape index (κ1) is 12.0. The third-order valence-electron chi connectivity index (χ3n) is 4.01. The number of aryl methyl sites for hydroxylation is 1. The summed E-state index contributed by atoms with van der Waals surface area (Å²) in [7, 11) is 0. The molecule has 2 aromatic rings. The lowest BCUT2D eigenvalue weighted by Crippen LogP contribution is -2.32. The molecule has 102 valence electrons. The minimum Gasteiger partial charge on any atom is -0.366 e. The standard InChI is InChI=1S/C15H15ClN4/c1-9-2-3-10(7-17-9)14-12(16)6-13-15(19-14)18-11-4-5-20(13)8-11/h2-3,6-7,11H,4-5,8H2,1H3,(H,18,19)/t11-/m0/s1. The summed E-state index contributed by atoms with van der Waals surface area (Å²) >= 11 is 6.43. The van der Waals surface area contributed by atoms with Crippen molar-refractivity contribution < 1.29 is 0 Å². The molecule has 0 spiro atoms. The molecular formula is C15H15ClN4. The SMILES string of the molecule is Cc1ccc(-c2nc3c(cc2Cl)N2CC[C@@H](C2)N3)cn1. The van der Waals surface area contributed by atoms with E-state index in [-0.39, 0.29) is 0 Å². The lowest BCUT2D eigenvalue weighted by Gasteiger charge is -2.28. The van der Waals surface area contributed by atoms with Gasteiger partial charge in [0.1, 0.15) is 0 Å². The molecule has 1 atom stereocenters. The molecule has 2 aliphatic rings. The van der Waals surface area contributed by atoms with Crippen LogP contribution in [-0.2, 0) is 0 Å². The van der Waals surface area contributed by atoms with Gasteiger partial charge >= 0.3 is 0 Å². The molecule has 0 amide bonds. The second-order valence-electron chi connectivity index (χ2n) is 5.45. The number of nitrogens with one attached hydrogen (secondary N) is 1. The average Bonchev–Trinajstić information content (AvgIpc) is 2.84. The van der Waals surface area contributed by atoms with Gasteiger partial charge in [-0.1, -0.05) is 11.6 Å². The van der Waals surface area contributed by atoms with E-state index in [1.807, 2.05) is 31.3 Å². The zero-order valence-corrected chi connectivity index (χ0v) is 12.0. The van der Waals surface area contributed by atoms with Crippen molar-refractivity contribution in [3.63, 3.8) is 0 Å². The average molecular weight is 287 g/mol. The lowest BCUT2D eigenvalue weighted by molar-refractivity contribution is 0.788. The van der Waals surface area contributed by atoms with Gasteiger partial charge in [-0.2, -0.15) is 0 Å². The second-order valence-corrected chi connectivity index (χ2v) is 5.86. The molecule has 0 aliphatic carbocycles. The number of hydrogen-bond donors (Lipinski definition) is 1. The van der Waals surface area contributed by atoms with Crippen LogP contribution in [0.5, 0.6) is 0 Å². The molecule has 4 rings (SSSR count). The first-order valence-corrected chi connectivity index (χ1v) is 7.23. The number of rotatable bonds is 1. The van der Waals surface area contributed by atoms with E-state index in [4.69, 9.17) is 16.6 Å². The van der Waals surface area contributed by atoms with Crippen molar-refractivity contribution in [2.24, 2.45) is 0 Å². The summed E-state index contributed by atoms with van der Waals surface area (Å²) in [5.74, 6) is 0.943. The maximum Gasteiger partial charge on any atom is 0.150 e. The van der Waals surface area contributed by atoms with Gasteiger partial charge in [-0.3, -0.25) is 4.98 Å². The normalized spacial score (nSPS) is 19.7. The molecule has 1 N–H and O–H groups in total. The van der Waals surface area contributed by atoms with Crippen LogP contribution >= 0.6 is 11.6 Å². The van der Waals surface area contributed by atoms with Crippen molar-refractivity contribution in [2.45, 2.75) is 19.4 Å². The summed E-state index contributed by atoms with van der Waals surface area (Å²) in [4.78, 5) is 11.4. The highest BCUT2D eigenvalue weighted by atomic mass is 35.5. The Hall–Kier alpha value is -1.81. The molecule has 5 heteroatoms. The van der Waals surface area contributed by atoms with Gasteiger partial charge in [-0.05, 0) is 31.5 Å². The predicted molar refractivity (Wildman–Crippen MR) is 81.5 cm³/mol. The highest BCUT2D eigenvalue weighted by Crippen LogP contribution is 2.39. The zero-order valence-electron chi connectivity index (χ0n) is 11.2. The quantitative estimate of drug-likeness (QED) is 0.874. The van der Waals surface area contributed by atoms with E-state index in [1.165, 1.54) is 0 Å². The van der Waals surface area contributed by atoms with Crippen molar-refractivity contribution in [1.82, 2.24) is 9.97 Å². The molecule has 2 aromatic heterocycles. The van der Waals surface area contributed by atoms with Crippen LogP contribution in [0.3, 0.4) is 0 Å². The van der Waals surface area contributed by atoms with Crippen LogP contribution in [0.25, 0.3) is 11.3 Å². The molecule has 0 saturated carbocycles. The fraction of sp³-hybridized carbons (Fsp3) is 0.333. The van der Waals surface area contributed by atoms with Gasteiger partial charge in [-0.15, -0.1) is 0 Å². The van der Waals surface area contributed by atoms with Gasteiger partial charge in [-0.25, -0.2) is 4.98 Å². The minimum absolute atomic E-state index is 0.514. The summed E-state index contributed by atoms with van der Waals surface area (Å²) in [6, 6.07) is 6.53. The topological polar surface area (TPSA) is 41.1 Å². The molecule has 1 saturated heterocycles. The van der Waals surface area contributed by atoms with E-state index in [9.17, 15) is 0 Å². The van der Waals surface area contributed by atoms with Gasteiger partial charge in [0.05, 0.1) is 16.4 Å². The molecule has 4 heterocycles. The third kappa shape index (κ3) is 1.83. The van der Waals surface area contributed by atoms with Crippen LogP contribution < -0.4 is 10.2 Å². The number of halogens is 1. The maximum absolute atomic E-state index is 6.43. The van der Waals surface area contributed by atoms with Gasteiger partial charge in [0.15, 0.2) is 5.82 Å². The monoisotopic (exact) mass is 286 g/mol. The molecule has 20 heavy (non-hydrogen) atoms. The Morgan fingerprint density at radius 2 is 2.30 bits per heavy atom. The first-order valence-electron chi connectivity index (χ1n) is 6.86. The fourth-order valence-electron chi connectivity index (χ4n) is 2.93. The predicted octanol–water partition coefficient (Wildman–Crippen LogP) is 3.11. The highest BCUT2D eigenvalue weighted by molar-refractivity contribution is 6.33. The van der Waals surface area contributed by atoms with Crippen LogP contribution in [0.1, 0.15) is 12.1 Å². The molecule has 1 fully saturated rings. The number of hydrogen-bond acceptors (Lipinski definition) is 4. The summed E-state index contributed by atoms with van der Waals surface area (Å²) < 4.78 is 0. The van der Waals surface area contributed by atoms with Crippen LogP contribution in [0.15, 0.2) is 24.4 Å². The molecule has 2 aliphatic heterocycles. The maximum atomic E-state index is 6.43. The van der Waals surface area contributed by atoms with E-state index in [0.717, 1.165) is 48.0 Å². The van der Waals surface area contributed by atoms with Gasteiger partial charge in [0.2, 0.25) is 0 Å². The van der Waals surface area contributed by atoms with Crippen molar-refractivity contribution in [2.75, 3.05) is 23.3 Å². The van der Waals surface area contributed by atoms with Gasteiger partial charge in [0, 0.05) is 36.6 Å². The summed E-state index contributed by atoms with van der Waals surface area (Å²) in [5.41, 5.74) is 3.86. The van der Waals surface area contributed by atoms with Crippen molar-refractivity contribution in [1.29, 1.82) is 0 Å². The Morgan fingerprint density at radius 1 is 1.40 bits per heavy atom. The van der Waals surface area contributed by atoms with E-state index in [1.54, 1.807) is 0 Å². The van der Waals surface area contributed by atoms with E-state index in [0.29, 0.717) is 11.1 Å². The minimum atomic E-state index is 0.514. The highest BCUT2D eigenvalue weighted by Gasteiger charge is 2.31.